The lowest BCUT2D eigenvalue weighted by molar-refractivity contribution is -0.143. The molecule has 0 saturated carbocycles. The fraction of sp³-hybridized carbons (Fsp3) is 0.292. The Balaban J connectivity index is 0.00000441. The number of sulfonamides is 1. The Hall–Kier alpha value is -3.59. The first-order valence-corrected chi connectivity index (χ1v) is 12.7. The maximum Gasteiger partial charge on any atom is 0.436 e. The quantitative estimate of drug-likeness (QED) is 0.431. The maximum atomic E-state index is 14.6. The smallest absolute Gasteiger partial charge is 0.349 e. The van der Waals surface area contributed by atoms with Gasteiger partial charge in [-0.1, -0.05) is 0 Å². The molecule has 1 aliphatic rings. The number of benzene rings is 1. The third kappa shape index (κ3) is 5.73. The average Bonchev–Trinajstić information content (AvgIpc) is 3.17. The van der Waals surface area contributed by atoms with Crippen LogP contribution in [0.1, 0.15) is 26.2 Å². The fourth-order valence-electron chi connectivity index (χ4n) is 4.18. The van der Waals surface area contributed by atoms with Gasteiger partial charge in [-0.05, 0) is 43.3 Å². The molecule has 39 heavy (non-hydrogen) atoms. The summed E-state index contributed by atoms with van der Waals surface area (Å²) in [4.78, 5) is 19.4. The van der Waals surface area contributed by atoms with Gasteiger partial charge in [-0.15, -0.1) is 0 Å². The average molecular weight is 579 g/mol. The van der Waals surface area contributed by atoms with Crippen LogP contribution in [0.3, 0.4) is 0 Å². The second kappa shape index (κ2) is 10.5. The Morgan fingerprint density at radius 1 is 1.08 bits per heavy atom. The minimum absolute atomic E-state index is 0. The number of nitrogens with one attached hydrogen (secondary N) is 1. The summed E-state index contributed by atoms with van der Waals surface area (Å²) in [5.41, 5.74) is -2.47. The number of nitrogens with zero attached hydrogens (tertiary/aromatic N) is 3. The molecule has 0 bridgehead atoms. The van der Waals surface area contributed by atoms with Gasteiger partial charge in [0.05, 0.1) is 29.4 Å². The zero-order chi connectivity index (χ0) is 28.7. The minimum atomic E-state index is -5.05. The molecule has 3 atom stereocenters. The first-order valence-electron chi connectivity index (χ1n) is 11.3. The summed E-state index contributed by atoms with van der Waals surface area (Å²) in [5.74, 6) is -4.32. The van der Waals surface area contributed by atoms with Gasteiger partial charge < -0.3 is 5.32 Å². The van der Waals surface area contributed by atoms with E-state index in [9.17, 15) is 43.9 Å². The zero-order valence-corrected chi connectivity index (χ0v) is 20.7. The first-order chi connectivity index (χ1) is 18.2. The van der Waals surface area contributed by atoms with Crippen LogP contribution in [0.4, 0.5) is 30.7 Å². The largest absolute Gasteiger partial charge is 0.436 e. The van der Waals surface area contributed by atoms with E-state index in [4.69, 9.17) is 0 Å². The summed E-state index contributed by atoms with van der Waals surface area (Å²) in [7, 11) is -4.40. The molecule has 1 aromatic carbocycles. The number of carbonyl (C=O) groups excluding carboxylic acids is 1. The molecule has 4 rings (SSSR count). The van der Waals surface area contributed by atoms with E-state index in [1.165, 1.54) is 6.92 Å². The first kappa shape index (κ1) is 28.4. The van der Waals surface area contributed by atoms with E-state index in [0.29, 0.717) is 22.8 Å². The molecule has 210 valence electrons. The lowest BCUT2D eigenvalue weighted by Crippen LogP contribution is -2.48. The monoisotopic (exact) mass is 578 g/mol. The molecule has 0 radical (unpaired) electrons. The molecular weight excluding hydrogens is 557 g/mol. The van der Waals surface area contributed by atoms with Gasteiger partial charge in [-0.3, -0.25) is 9.78 Å². The lowest BCUT2D eigenvalue weighted by atomic mass is 10.1. The van der Waals surface area contributed by atoms with Gasteiger partial charge >= 0.3 is 6.18 Å². The van der Waals surface area contributed by atoms with Gasteiger partial charge in [0.1, 0.15) is 23.8 Å². The predicted octanol–water partition coefficient (Wildman–Crippen LogP) is 4.63. The molecule has 0 unspecified atom stereocenters. The van der Waals surface area contributed by atoms with Crippen LogP contribution in [0.2, 0.25) is 0 Å². The highest BCUT2D eigenvalue weighted by atomic mass is 32.2. The normalized spacial score (nSPS) is 20.3. The summed E-state index contributed by atoms with van der Waals surface area (Å²) in [6.45, 7) is 0.874. The summed E-state index contributed by atoms with van der Waals surface area (Å²) in [5, 5.41) is 2.39. The van der Waals surface area contributed by atoms with E-state index >= 15 is 0 Å². The van der Waals surface area contributed by atoms with E-state index in [1.807, 2.05) is 0 Å². The van der Waals surface area contributed by atoms with Gasteiger partial charge in [-0.25, -0.2) is 31.0 Å². The molecule has 3 heterocycles. The molecule has 1 saturated heterocycles. The Labute approximate surface area is 219 Å². The Morgan fingerprint density at radius 3 is 2.36 bits per heavy atom. The molecule has 0 aliphatic carbocycles. The minimum Gasteiger partial charge on any atom is -0.349 e. The Morgan fingerprint density at radius 2 is 1.74 bits per heavy atom. The number of rotatable bonds is 6. The number of amides is 1. The molecule has 3 aromatic rings. The number of pyridine rings is 2. The van der Waals surface area contributed by atoms with Gasteiger partial charge in [0.2, 0.25) is 15.9 Å². The molecule has 7 nitrogen and oxygen atoms in total. The van der Waals surface area contributed by atoms with E-state index in [-0.39, 0.29) is 23.1 Å². The number of halogens is 7. The van der Waals surface area contributed by atoms with Crippen LogP contribution >= 0.6 is 0 Å². The maximum absolute atomic E-state index is 14.6. The van der Waals surface area contributed by atoms with E-state index in [2.05, 4.69) is 15.3 Å². The van der Waals surface area contributed by atoms with Crippen molar-refractivity contribution in [3.8, 4) is 11.1 Å². The number of carbonyl (C=O) groups is 1. The van der Waals surface area contributed by atoms with Crippen LogP contribution in [0.25, 0.3) is 11.1 Å². The van der Waals surface area contributed by atoms with Gasteiger partial charge in [-0.2, -0.15) is 17.5 Å². The van der Waals surface area contributed by atoms with Crippen molar-refractivity contribution < 1.29 is 45.4 Å². The second-order valence-electron chi connectivity index (χ2n) is 8.72. The van der Waals surface area contributed by atoms with Crippen LogP contribution in [0.5, 0.6) is 0 Å². The highest BCUT2D eigenvalue weighted by Crippen LogP contribution is 2.34. The SMILES string of the molecule is C[C@H]1[C@H](F)C[C@@H](C(=O)NCc2cc(-c3cnc(C(F)(F)F)c(F)c3)c(F)cn2)N1S(=O)(=O)c1ccc(F)cc1.[HH]. The summed E-state index contributed by atoms with van der Waals surface area (Å²) < 4.78 is 121. The molecule has 1 N–H and O–H groups in total. The molecule has 15 heteroatoms. The van der Waals surface area contributed by atoms with E-state index in [1.54, 1.807) is 0 Å². The number of aromatic nitrogens is 2. The van der Waals surface area contributed by atoms with Crippen LogP contribution in [-0.4, -0.2) is 46.9 Å². The zero-order valence-electron chi connectivity index (χ0n) is 19.9. The highest BCUT2D eigenvalue weighted by molar-refractivity contribution is 7.89. The van der Waals surface area contributed by atoms with Crippen molar-refractivity contribution in [1.29, 1.82) is 0 Å². The predicted molar refractivity (Wildman–Crippen MR) is 125 cm³/mol. The number of hydrogen-bond donors (Lipinski definition) is 1. The second-order valence-corrected chi connectivity index (χ2v) is 10.6. The number of alkyl halides is 4. The molecule has 1 amide bonds. The van der Waals surface area contributed by atoms with Crippen LogP contribution in [0, 0.1) is 17.5 Å². The van der Waals surface area contributed by atoms with Crippen LogP contribution < -0.4 is 5.32 Å². The summed E-state index contributed by atoms with van der Waals surface area (Å²) in [6, 6.07) is 2.60. The van der Waals surface area contributed by atoms with Crippen LogP contribution in [0.15, 0.2) is 53.7 Å². The lowest BCUT2D eigenvalue weighted by Gasteiger charge is -2.26. The van der Waals surface area contributed by atoms with Gasteiger partial charge in [0.15, 0.2) is 11.5 Å². The number of hydrogen-bond acceptors (Lipinski definition) is 5. The molecule has 2 aromatic heterocycles. The van der Waals surface area contributed by atoms with Crippen molar-refractivity contribution in [2.75, 3.05) is 0 Å². The molecule has 1 aliphatic heterocycles. The van der Waals surface area contributed by atoms with Crippen molar-refractivity contribution in [3.63, 3.8) is 0 Å². The van der Waals surface area contributed by atoms with Crippen molar-refractivity contribution >= 4 is 15.9 Å². The van der Waals surface area contributed by atoms with Crippen LogP contribution in [-0.2, 0) is 27.5 Å². The standard InChI is InChI=1S/C24H19F7N4O3S.H2/c1-12-18(26)8-21(35(12)39(37,38)16-4-2-14(25)3-5-16)23(36)34-10-15-7-17(20(28)11-32-15)13-6-19(27)22(33-9-13)24(29,30)31;/h2-7,9,11-12,18,21H,8,10H2,1H3,(H,34,36);1H/t12-,18+,21-;/m0./s1. The van der Waals surface area contributed by atoms with E-state index < -0.39 is 76.5 Å². The van der Waals surface area contributed by atoms with Gasteiger partial charge in [0, 0.05) is 25.2 Å². The highest BCUT2D eigenvalue weighted by Gasteiger charge is 2.49. The third-order valence-corrected chi connectivity index (χ3v) is 8.16. The Kier molecular flexibility index (Phi) is 7.67. The van der Waals surface area contributed by atoms with E-state index in [0.717, 1.165) is 30.3 Å². The fourth-order valence-corrected chi connectivity index (χ4v) is 5.99. The Bertz CT molecular complexity index is 1510. The third-order valence-electron chi connectivity index (χ3n) is 6.15. The summed E-state index contributed by atoms with van der Waals surface area (Å²) >= 11 is 0. The van der Waals surface area contributed by atoms with Crippen molar-refractivity contribution in [3.05, 3.63) is 77.6 Å². The molecule has 0 spiro atoms. The molecular formula is C24H21F7N4O3S. The van der Waals surface area contributed by atoms with Gasteiger partial charge in [0.25, 0.3) is 0 Å². The molecule has 1 fully saturated rings. The van der Waals surface area contributed by atoms with Crippen molar-refractivity contribution in [2.24, 2.45) is 0 Å². The van der Waals surface area contributed by atoms with Crippen molar-refractivity contribution in [2.45, 2.75) is 49.2 Å². The van der Waals surface area contributed by atoms with Crippen molar-refractivity contribution in [1.82, 2.24) is 19.6 Å². The summed E-state index contributed by atoms with van der Waals surface area (Å²) in [6.07, 6.45) is -5.87. The topological polar surface area (TPSA) is 92.3 Å².